The summed E-state index contributed by atoms with van der Waals surface area (Å²) < 4.78 is 15.5. The number of hydrogen-bond acceptors (Lipinski definition) is 4. The van der Waals surface area contributed by atoms with E-state index in [1.54, 1.807) is 21.3 Å². The second-order valence-electron chi connectivity index (χ2n) is 5.45. The molecule has 0 atom stereocenters. The zero-order valence-corrected chi connectivity index (χ0v) is 13.4. The van der Waals surface area contributed by atoms with Crippen LogP contribution in [0.15, 0.2) is 18.2 Å². The van der Waals surface area contributed by atoms with Gasteiger partial charge in [0.1, 0.15) is 0 Å². The van der Waals surface area contributed by atoms with Crippen molar-refractivity contribution < 1.29 is 19.0 Å². The molecule has 0 spiro atoms. The number of rotatable bonds is 8. The fourth-order valence-corrected chi connectivity index (χ4v) is 2.46. The normalized spacial score (nSPS) is 15.0. The number of carbonyl (C=O) groups excluding carboxylic acids is 1. The van der Waals surface area contributed by atoms with Gasteiger partial charge in [0.2, 0.25) is 0 Å². The summed E-state index contributed by atoms with van der Waals surface area (Å²) in [5.41, 5.74) is 1.18. The van der Waals surface area contributed by atoms with Gasteiger partial charge in [0.05, 0.1) is 20.8 Å². The lowest BCUT2D eigenvalue weighted by Crippen LogP contribution is -2.41. The van der Waals surface area contributed by atoms with Crippen molar-refractivity contribution in [3.8, 4) is 11.5 Å². The minimum Gasteiger partial charge on any atom is -0.493 e. The van der Waals surface area contributed by atoms with E-state index in [9.17, 15) is 4.79 Å². The minimum absolute atomic E-state index is 0.0121. The van der Waals surface area contributed by atoms with E-state index in [1.165, 1.54) is 5.56 Å². The maximum Gasteiger partial charge on any atom is 0.314 e. The molecule has 22 heavy (non-hydrogen) atoms. The van der Waals surface area contributed by atoms with Crippen LogP contribution in [0.1, 0.15) is 18.4 Å². The predicted molar refractivity (Wildman–Crippen MR) is 83.7 cm³/mol. The monoisotopic (exact) mass is 308 g/mol. The molecule has 0 heterocycles. The van der Waals surface area contributed by atoms with E-state index in [-0.39, 0.29) is 11.4 Å². The first-order valence-corrected chi connectivity index (χ1v) is 7.38. The van der Waals surface area contributed by atoms with Gasteiger partial charge < -0.3 is 24.8 Å². The highest BCUT2D eigenvalue weighted by Gasteiger charge is 2.44. The molecule has 0 saturated heterocycles. The summed E-state index contributed by atoms with van der Waals surface area (Å²) in [4.78, 5) is 11.7. The first-order valence-electron chi connectivity index (χ1n) is 7.38. The molecule has 1 aromatic rings. The molecule has 0 radical (unpaired) electrons. The standard InChI is InChI=1S/C16H24N2O4/c1-20-9-8-17-15(19)18-11-16(6-7-16)12-4-5-13(21-2)14(10-12)22-3/h4-5,10H,6-9,11H2,1-3H3,(H2,17,18,19). The molecule has 0 unspecified atom stereocenters. The van der Waals surface area contributed by atoms with E-state index in [0.29, 0.717) is 25.4 Å². The second kappa shape index (κ2) is 7.35. The number of amides is 2. The molecule has 2 rings (SSSR count). The van der Waals surface area contributed by atoms with Crippen molar-refractivity contribution in [2.45, 2.75) is 18.3 Å². The Labute approximate surface area is 131 Å². The topological polar surface area (TPSA) is 68.8 Å². The summed E-state index contributed by atoms with van der Waals surface area (Å²) in [5, 5.41) is 5.69. The number of nitrogens with one attached hydrogen (secondary N) is 2. The molecule has 0 aromatic heterocycles. The van der Waals surface area contributed by atoms with E-state index in [4.69, 9.17) is 14.2 Å². The first-order chi connectivity index (χ1) is 10.6. The highest BCUT2D eigenvalue weighted by molar-refractivity contribution is 5.74. The molecule has 0 bridgehead atoms. The zero-order chi connectivity index (χ0) is 16.0. The Morgan fingerprint density at radius 3 is 2.45 bits per heavy atom. The molecule has 1 aliphatic carbocycles. The van der Waals surface area contributed by atoms with Gasteiger partial charge in [-0.15, -0.1) is 0 Å². The summed E-state index contributed by atoms with van der Waals surface area (Å²) in [7, 11) is 4.86. The molecule has 1 aliphatic rings. The number of hydrogen-bond donors (Lipinski definition) is 2. The molecule has 1 fully saturated rings. The van der Waals surface area contributed by atoms with Crippen LogP contribution in [-0.2, 0) is 10.2 Å². The van der Waals surface area contributed by atoms with Crippen molar-refractivity contribution in [3.63, 3.8) is 0 Å². The molecule has 2 N–H and O–H groups in total. The number of benzene rings is 1. The Morgan fingerprint density at radius 2 is 1.86 bits per heavy atom. The molecular formula is C16H24N2O4. The van der Waals surface area contributed by atoms with Gasteiger partial charge in [-0.05, 0) is 30.5 Å². The third-order valence-corrected chi connectivity index (χ3v) is 4.03. The number of carbonyl (C=O) groups is 1. The van der Waals surface area contributed by atoms with Gasteiger partial charge in [0, 0.05) is 25.6 Å². The summed E-state index contributed by atoms with van der Waals surface area (Å²) in [5.74, 6) is 1.43. The van der Waals surface area contributed by atoms with Gasteiger partial charge in [-0.25, -0.2) is 4.79 Å². The summed E-state index contributed by atoms with van der Waals surface area (Å²) in [6.45, 7) is 1.63. The number of urea groups is 1. The molecule has 0 aliphatic heterocycles. The Morgan fingerprint density at radius 1 is 1.14 bits per heavy atom. The first kappa shape index (κ1) is 16.4. The lowest BCUT2D eigenvalue weighted by Gasteiger charge is -2.18. The highest BCUT2D eigenvalue weighted by Crippen LogP contribution is 2.49. The second-order valence-corrected chi connectivity index (χ2v) is 5.45. The Bertz CT molecular complexity index is 515. The quantitative estimate of drug-likeness (QED) is 0.717. The van der Waals surface area contributed by atoms with Crippen molar-refractivity contribution in [2.24, 2.45) is 0 Å². The maximum absolute atomic E-state index is 11.7. The third kappa shape index (κ3) is 3.82. The smallest absolute Gasteiger partial charge is 0.314 e. The van der Waals surface area contributed by atoms with Crippen LogP contribution >= 0.6 is 0 Å². The van der Waals surface area contributed by atoms with Crippen molar-refractivity contribution in [1.82, 2.24) is 10.6 Å². The predicted octanol–water partition coefficient (Wildman–Crippen LogP) is 1.68. The minimum atomic E-state index is -0.163. The summed E-state index contributed by atoms with van der Waals surface area (Å²) in [6.07, 6.45) is 2.11. The third-order valence-electron chi connectivity index (χ3n) is 4.03. The summed E-state index contributed by atoms with van der Waals surface area (Å²) >= 11 is 0. The van der Waals surface area contributed by atoms with Crippen molar-refractivity contribution in [2.75, 3.05) is 41.0 Å². The van der Waals surface area contributed by atoms with Crippen molar-refractivity contribution in [1.29, 1.82) is 0 Å². The molecule has 2 amide bonds. The van der Waals surface area contributed by atoms with Gasteiger partial charge in [0.15, 0.2) is 11.5 Å². The van der Waals surface area contributed by atoms with Gasteiger partial charge in [0.25, 0.3) is 0 Å². The highest BCUT2D eigenvalue weighted by atomic mass is 16.5. The number of ether oxygens (including phenoxy) is 3. The van der Waals surface area contributed by atoms with E-state index in [0.717, 1.165) is 18.6 Å². The van der Waals surface area contributed by atoms with Crippen LogP contribution in [0.4, 0.5) is 4.79 Å². The average molecular weight is 308 g/mol. The van der Waals surface area contributed by atoms with Crippen molar-refractivity contribution in [3.05, 3.63) is 23.8 Å². The molecule has 6 heteroatoms. The van der Waals surface area contributed by atoms with Crippen LogP contribution in [0.2, 0.25) is 0 Å². The van der Waals surface area contributed by atoms with E-state index < -0.39 is 0 Å². The zero-order valence-electron chi connectivity index (χ0n) is 13.4. The van der Waals surface area contributed by atoms with Gasteiger partial charge in [-0.3, -0.25) is 0 Å². The molecular weight excluding hydrogens is 284 g/mol. The summed E-state index contributed by atoms with van der Waals surface area (Å²) in [6, 6.07) is 5.78. The fraction of sp³-hybridized carbons (Fsp3) is 0.562. The molecule has 6 nitrogen and oxygen atoms in total. The largest absolute Gasteiger partial charge is 0.493 e. The van der Waals surface area contributed by atoms with Gasteiger partial charge >= 0.3 is 6.03 Å². The van der Waals surface area contributed by atoms with Gasteiger partial charge in [-0.2, -0.15) is 0 Å². The van der Waals surface area contributed by atoms with Crippen LogP contribution in [0, 0.1) is 0 Å². The van der Waals surface area contributed by atoms with E-state index >= 15 is 0 Å². The van der Waals surface area contributed by atoms with Crippen LogP contribution in [0.25, 0.3) is 0 Å². The van der Waals surface area contributed by atoms with E-state index in [2.05, 4.69) is 10.6 Å². The van der Waals surface area contributed by atoms with Crippen LogP contribution < -0.4 is 20.1 Å². The number of methoxy groups -OCH3 is 3. The SMILES string of the molecule is COCCNC(=O)NCC1(c2ccc(OC)c(OC)c2)CC1. The Kier molecular flexibility index (Phi) is 5.49. The fourth-order valence-electron chi connectivity index (χ4n) is 2.46. The Balaban J connectivity index is 1.95. The molecule has 1 aromatic carbocycles. The Hall–Kier alpha value is -1.95. The van der Waals surface area contributed by atoms with Crippen molar-refractivity contribution >= 4 is 6.03 Å². The van der Waals surface area contributed by atoms with E-state index in [1.807, 2.05) is 18.2 Å². The maximum atomic E-state index is 11.7. The van der Waals surface area contributed by atoms with Gasteiger partial charge in [-0.1, -0.05) is 6.07 Å². The lowest BCUT2D eigenvalue weighted by atomic mass is 9.95. The molecule has 122 valence electrons. The van der Waals surface area contributed by atoms with Crippen LogP contribution in [-0.4, -0.2) is 47.1 Å². The molecule has 1 saturated carbocycles. The van der Waals surface area contributed by atoms with Crippen LogP contribution in [0.5, 0.6) is 11.5 Å². The lowest BCUT2D eigenvalue weighted by molar-refractivity contribution is 0.195. The average Bonchev–Trinajstić information content (AvgIpc) is 3.33. The van der Waals surface area contributed by atoms with Crippen LogP contribution in [0.3, 0.4) is 0 Å².